The quantitative estimate of drug-likeness (QED) is 0.637. The van der Waals surface area contributed by atoms with Gasteiger partial charge in [-0.25, -0.2) is 0 Å². The van der Waals surface area contributed by atoms with Crippen LogP contribution in [-0.4, -0.2) is 52.2 Å². The maximum absolute atomic E-state index is 5.90. The number of hydrogen-bond acceptors (Lipinski definition) is 4. The van der Waals surface area contributed by atoms with Gasteiger partial charge in [-0.05, 0) is 32.7 Å². The van der Waals surface area contributed by atoms with Crippen molar-refractivity contribution >= 4 is 0 Å². The molecule has 0 bridgehead atoms. The second-order valence-electron chi connectivity index (χ2n) is 4.54. The van der Waals surface area contributed by atoms with E-state index in [1.165, 1.54) is 6.42 Å². The lowest BCUT2D eigenvalue weighted by molar-refractivity contribution is -0.0542. The van der Waals surface area contributed by atoms with Crippen LogP contribution in [0.25, 0.3) is 0 Å². The third kappa shape index (κ3) is 5.80. The summed E-state index contributed by atoms with van der Waals surface area (Å²) >= 11 is 0. The molecule has 4 heteroatoms. The monoisotopic (exact) mass is 231 g/mol. The van der Waals surface area contributed by atoms with Crippen molar-refractivity contribution in [2.75, 3.05) is 46.6 Å². The molecule has 1 aliphatic heterocycles. The fourth-order valence-corrected chi connectivity index (χ4v) is 1.88. The Labute approximate surface area is 98.6 Å². The van der Waals surface area contributed by atoms with Crippen molar-refractivity contribution in [1.82, 2.24) is 5.32 Å². The molecule has 1 N–H and O–H groups in total. The van der Waals surface area contributed by atoms with Gasteiger partial charge in [-0.2, -0.15) is 0 Å². The highest BCUT2D eigenvalue weighted by atomic mass is 16.5. The van der Waals surface area contributed by atoms with Gasteiger partial charge in [0, 0.05) is 26.9 Å². The highest BCUT2D eigenvalue weighted by molar-refractivity contribution is 4.82. The fourth-order valence-electron chi connectivity index (χ4n) is 1.88. The average molecular weight is 231 g/mol. The van der Waals surface area contributed by atoms with E-state index in [9.17, 15) is 0 Å². The molecule has 0 spiro atoms. The molecule has 0 aromatic heterocycles. The first kappa shape index (κ1) is 13.9. The summed E-state index contributed by atoms with van der Waals surface area (Å²) < 4.78 is 16.2. The molecular formula is C12H25NO3. The minimum atomic E-state index is 0.0325. The van der Waals surface area contributed by atoms with Crippen LogP contribution >= 0.6 is 0 Å². The molecule has 96 valence electrons. The summed E-state index contributed by atoms with van der Waals surface area (Å²) in [5, 5.41) is 3.37. The van der Waals surface area contributed by atoms with Crippen LogP contribution in [0, 0.1) is 0 Å². The van der Waals surface area contributed by atoms with Crippen LogP contribution in [0.15, 0.2) is 0 Å². The van der Waals surface area contributed by atoms with E-state index in [1.54, 1.807) is 7.11 Å². The zero-order valence-corrected chi connectivity index (χ0v) is 10.6. The van der Waals surface area contributed by atoms with E-state index in [4.69, 9.17) is 14.2 Å². The van der Waals surface area contributed by atoms with Gasteiger partial charge < -0.3 is 19.5 Å². The highest BCUT2D eigenvalue weighted by Crippen LogP contribution is 2.19. The van der Waals surface area contributed by atoms with Crippen molar-refractivity contribution in [1.29, 1.82) is 0 Å². The summed E-state index contributed by atoms with van der Waals surface area (Å²) in [5.41, 5.74) is 0.0325. The molecule has 0 radical (unpaired) electrons. The predicted molar refractivity (Wildman–Crippen MR) is 63.8 cm³/mol. The standard InChI is InChI=1S/C12H25NO3/c1-12(5-3-6-13-11-12)16-8-4-7-15-10-9-14-2/h13H,3-11H2,1-2H3. The lowest BCUT2D eigenvalue weighted by Gasteiger charge is -2.34. The van der Waals surface area contributed by atoms with Gasteiger partial charge in [-0.3, -0.25) is 0 Å². The summed E-state index contributed by atoms with van der Waals surface area (Å²) in [4.78, 5) is 0. The normalized spacial score (nSPS) is 25.9. The number of rotatable bonds is 8. The van der Waals surface area contributed by atoms with Crippen molar-refractivity contribution in [2.45, 2.75) is 31.8 Å². The smallest absolute Gasteiger partial charge is 0.0778 e. The Hall–Kier alpha value is -0.160. The first-order valence-electron chi connectivity index (χ1n) is 6.18. The Kier molecular flexibility index (Phi) is 6.96. The van der Waals surface area contributed by atoms with E-state index < -0.39 is 0 Å². The van der Waals surface area contributed by atoms with Gasteiger partial charge >= 0.3 is 0 Å². The van der Waals surface area contributed by atoms with Crippen LogP contribution in [0.2, 0.25) is 0 Å². The third-order valence-electron chi connectivity index (χ3n) is 2.87. The van der Waals surface area contributed by atoms with E-state index in [2.05, 4.69) is 12.2 Å². The molecule has 0 saturated carbocycles. The summed E-state index contributed by atoms with van der Waals surface area (Å²) in [5.74, 6) is 0. The first-order valence-corrected chi connectivity index (χ1v) is 6.18. The Balaban J connectivity index is 1.93. The fraction of sp³-hybridized carbons (Fsp3) is 1.00. The van der Waals surface area contributed by atoms with Gasteiger partial charge in [0.25, 0.3) is 0 Å². The van der Waals surface area contributed by atoms with Crippen LogP contribution < -0.4 is 5.32 Å². The largest absolute Gasteiger partial charge is 0.382 e. The van der Waals surface area contributed by atoms with Crippen molar-refractivity contribution in [3.63, 3.8) is 0 Å². The van der Waals surface area contributed by atoms with E-state index in [0.29, 0.717) is 13.2 Å². The minimum absolute atomic E-state index is 0.0325. The molecule has 1 heterocycles. The lowest BCUT2D eigenvalue weighted by atomic mass is 9.96. The summed E-state index contributed by atoms with van der Waals surface area (Å²) in [6, 6.07) is 0. The maximum atomic E-state index is 5.90. The molecule has 1 saturated heterocycles. The van der Waals surface area contributed by atoms with Gasteiger partial charge in [-0.1, -0.05) is 0 Å². The molecule has 0 amide bonds. The molecule has 0 aromatic rings. The Bertz CT molecular complexity index is 170. The molecule has 1 rings (SSSR count). The summed E-state index contributed by atoms with van der Waals surface area (Å²) in [6.07, 6.45) is 3.32. The molecule has 0 aliphatic carbocycles. The van der Waals surface area contributed by atoms with Crippen molar-refractivity contribution < 1.29 is 14.2 Å². The number of nitrogens with one attached hydrogen (secondary N) is 1. The molecule has 16 heavy (non-hydrogen) atoms. The van der Waals surface area contributed by atoms with Crippen molar-refractivity contribution in [3.05, 3.63) is 0 Å². The zero-order valence-electron chi connectivity index (χ0n) is 10.6. The van der Waals surface area contributed by atoms with E-state index in [1.807, 2.05) is 0 Å². The Morgan fingerprint density at radius 2 is 2.06 bits per heavy atom. The molecule has 1 atom stereocenters. The topological polar surface area (TPSA) is 39.7 Å². The van der Waals surface area contributed by atoms with Gasteiger partial charge in [0.05, 0.1) is 18.8 Å². The number of piperidine rings is 1. The zero-order chi connectivity index (χ0) is 11.7. The molecule has 4 nitrogen and oxygen atoms in total. The first-order chi connectivity index (χ1) is 7.77. The van der Waals surface area contributed by atoms with E-state index in [0.717, 1.165) is 39.1 Å². The second kappa shape index (κ2) is 8.01. The minimum Gasteiger partial charge on any atom is -0.382 e. The number of methoxy groups -OCH3 is 1. The summed E-state index contributed by atoms with van der Waals surface area (Å²) in [6.45, 7) is 7.16. The molecular weight excluding hydrogens is 206 g/mol. The van der Waals surface area contributed by atoms with Gasteiger partial charge in [0.15, 0.2) is 0 Å². The second-order valence-corrected chi connectivity index (χ2v) is 4.54. The van der Waals surface area contributed by atoms with Crippen molar-refractivity contribution in [3.8, 4) is 0 Å². The van der Waals surface area contributed by atoms with Crippen LogP contribution in [0.3, 0.4) is 0 Å². The van der Waals surface area contributed by atoms with Crippen LogP contribution in [0.1, 0.15) is 26.2 Å². The lowest BCUT2D eigenvalue weighted by Crippen LogP contribution is -2.45. The number of ether oxygens (including phenoxy) is 3. The van der Waals surface area contributed by atoms with Gasteiger partial charge in [0.1, 0.15) is 0 Å². The SMILES string of the molecule is COCCOCCCOC1(C)CCCNC1. The van der Waals surface area contributed by atoms with Gasteiger partial charge in [-0.15, -0.1) is 0 Å². The third-order valence-corrected chi connectivity index (χ3v) is 2.87. The van der Waals surface area contributed by atoms with Crippen LogP contribution in [0.5, 0.6) is 0 Å². The molecule has 1 aliphatic rings. The Morgan fingerprint density at radius 3 is 2.75 bits per heavy atom. The maximum Gasteiger partial charge on any atom is 0.0778 e. The average Bonchev–Trinajstić information content (AvgIpc) is 2.29. The molecule has 1 fully saturated rings. The van der Waals surface area contributed by atoms with Crippen molar-refractivity contribution in [2.24, 2.45) is 0 Å². The summed E-state index contributed by atoms with van der Waals surface area (Å²) in [7, 11) is 1.68. The predicted octanol–water partition coefficient (Wildman–Crippen LogP) is 1.20. The number of hydrogen-bond donors (Lipinski definition) is 1. The highest BCUT2D eigenvalue weighted by Gasteiger charge is 2.26. The van der Waals surface area contributed by atoms with Crippen LogP contribution in [-0.2, 0) is 14.2 Å². The van der Waals surface area contributed by atoms with Gasteiger partial charge in [0.2, 0.25) is 0 Å². The Morgan fingerprint density at radius 1 is 1.19 bits per heavy atom. The van der Waals surface area contributed by atoms with E-state index in [-0.39, 0.29) is 5.60 Å². The molecule has 0 aromatic carbocycles. The van der Waals surface area contributed by atoms with E-state index >= 15 is 0 Å². The molecule has 1 unspecified atom stereocenters. The van der Waals surface area contributed by atoms with Crippen LogP contribution in [0.4, 0.5) is 0 Å².